The molecule has 4 fully saturated rings. The summed E-state index contributed by atoms with van der Waals surface area (Å²) < 4.78 is 30.4. The highest BCUT2D eigenvalue weighted by Crippen LogP contribution is 2.70. The molecule has 15 heteroatoms. The van der Waals surface area contributed by atoms with Gasteiger partial charge < -0.3 is 15.1 Å². The van der Waals surface area contributed by atoms with E-state index in [9.17, 15) is 28.0 Å². The van der Waals surface area contributed by atoms with Gasteiger partial charge >= 0.3 is 0 Å². The lowest BCUT2D eigenvalue weighted by Crippen LogP contribution is -2.41. The molecule has 3 N–H and O–H groups in total. The molecule has 5 aliphatic rings. The zero-order valence-electron chi connectivity index (χ0n) is 28.0. The van der Waals surface area contributed by atoms with E-state index in [0.717, 1.165) is 50.2 Å². The molecule has 3 aromatic rings. The van der Waals surface area contributed by atoms with E-state index in [2.05, 4.69) is 35.8 Å². The predicted octanol–water partition coefficient (Wildman–Crippen LogP) is 3.61. The van der Waals surface area contributed by atoms with Gasteiger partial charge in [0.05, 0.1) is 23.8 Å². The number of carbonyl (C=O) groups is 4. The standard InChI is InChI=1S/C35H41F2N9O4/c1-34-16-26-25(15-27(34)35(34,36)37)31(43-42-26)33(50)40-22-18-39-46(19-22)23-8-12-45(13-9-23)30(48)14-20-6-10-44(11-7-20)28-4-2-21(17-38-28)24-3-5-29(47)41-32(24)49/h2,4,17-20,23-24,27H,3,5-16H2,1H3,(H,40,50)(H,42,43)(H,41,47,49)/t24?,27-,34+/m0/s1. The molecule has 1 saturated carbocycles. The number of nitrogens with one attached hydrogen (secondary N) is 3. The minimum Gasteiger partial charge on any atom is -0.357 e. The summed E-state index contributed by atoms with van der Waals surface area (Å²) in [6, 6.07) is 3.95. The van der Waals surface area contributed by atoms with Crippen LogP contribution in [0, 0.1) is 17.3 Å². The number of anilines is 2. The van der Waals surface area contributed by atoms with Gasteiger partial charge in [-0.15, -0.1) is 0 Å². The monoisotopic (exact) mass is 689 g/mol. The predicted molar refractivity (Wildman–Crippen MR) is 176 cm³/mol. The Hall–Kier alpha value is -4.69. The van der Waals surface area contributed by atoms with Gasteiger partial charge in [-0.05, 0) is 56.1 Å². The molecule has 0 bridgehead atoms. The molecule has 264 valence electrons. The first-order valence-electron chi connectivity index (χ1n) is 17.6. The molecule has 1 unspecified atom stereocenters. The largest absolute Gasteiger partial charge is 0.357 e. The van der Waals surface area contributed by atoms with Crippen molar-refractivity contribution in [3.8, 4) is 0 Å². The second-order valence-corrected chi connectivity index (χ2v) is 14.9. The van der Waals surface area contributed by atoms with Crippen molar-refractivity contribution >= 4 is 35.1 Å². The highest BCUT2D eigenvalue weighted by Gasteiger charge is 2.78. The highest BCUT2D eigenvalue weighted by atomic mass is 19.3. The topological polar surface area (TPSA) is 158 Å². The average Bonchev–Trinajstić information content (AvgIpc) is 3.53. The Labute approximate surface area is 287 Å². The number of amides is 4. The van der Waals surface area contributed by atoms with Crippen LogP contribution < -0.4 is 15.5 Å². The molecular weight excluding hydrogens is 648 g/mol. The van der Waals surface area contributed by atoms with E-state index < -0.39 is 23.2 Å². The first-order chi connectivity index (χ1) is 24.0. The number of carbonyl (C=O) groups excluding carboxylic acids is 4. The number of nitrogens with zero attached hydrogens (tertiary/aromatic N) is 6. The lowest BCUT2D eigenvalue weighted by molar-refractivity contribution is -0.135. The molecule has 3 aliphatic heterocycles. The van der Waals surface area contributed by atoms with Crippen molar-refractivity contribution in [1.82, 2.24) is 35.2 Å². The van der Waals surface area contributed by atoms with E-state index in [0.29, 0.717) is 55.2 Å². The number of hydrogen-bond acceptors (Lipinski definition) is 8. The van der Waals surface area contributed by atoms with E-state index in [1.807, 2.05) is 21.7 Å². The van der Waals surface area contributed by atoms with E-state index in [1.165, 1.54) is 0 Å². The molecule has 8 rings (SSSR count). The van der Waals surface area contributed by atoms with Crippen LogP contribution in [-0.2, 0) is 27.2 Å². The summed E-state index contributed by atoms with van der Waals surface area (Å²) in [5, 5.41) is 16.7. The van der Waals surface area contributed by atoms with Crippen molar-refractivity contribution in [1.29, 1.82) is 0 Å². The summed E-state index contributed by atoms with van der Waals surface area (Å²) in [5.74, 6) is -3.44. The van der Waals surface area contributed by atoms with Gasteiger partial charge in [-0.2, -0.15) is 10.2 Å². The Morgan fingerprint density at radius 2 is 1.82 bits per heavy atom. The van der Waals surface area contributed by atoms with Crippen molar-refractivity contribution in [3.63, 3.8) is 0 Å². The van der Waals surface area contributed by atoms with Gasteiger partial charge in [0.1, 0.15) is 5.82 Å². The third-order valence-corrected chi connectivity index (χ3v) is 11.9. The number of pyridine rings is 1. The highest BCUT2D eigenvalue weighted by molar-refractivity contribution is 6.04. The van der Waals surface area contributed by atoms with Crippen LogP contribution in [-0.4, -0.2) is 85.6 Å². The van der Waals surface area contributed by atoms with Crippen molar-refractivity contribution in [2.45, 2.75) is 82.6 Å². The summed E-state index contributed by atoms with van der Waals surface area (Å²) in [7, 11) is 0. The molecule has 6 heterocycles. The van der Waals surface area contributed by atoms with E-state index in [-0.39, 0.29) is 48.2 Å². The van der Waals surface area contributed by atoms with Crippen LogP contribution in [0.25, 0.3) is 0 Å². The maximum atomic E-state index is 14.3. The van der Waals surface area contributed by atoms with Crippen LogP contribution in [0.2, 0.25) is 0 Å². The molecule has 13 nitrogen and oxygen atoms in total. The van der Waals surface area contributed by atoms with Gasteiger partial charge in [0, 0.05) is 80.4 Å². The van der Waals surface area contributed by atoms with E-state index in [4.69, 9.17) is 0 Å². The lowest BCUT2D eigenvalue weighted by Gasteiger charge is -2.35. The number of rotatable bonds is 7. The second-order valence-electron chi connectivity index (χ2n) is 14.9. The van der Waals surface area contributed by atoms with Gasteiger partial charge in [-0.1, -0.05) is 13.0 Å². The molecule has 50 heavy (non-hydrogen) atoms. The Kier molecular flexibility index (Phi) is 7.98. The third-order valence-electron chi connectivity index (χ3n) is 11.9. The molecular formula is C35H41F2N9O4. The van der Waals surface area contributed by atoms with Crippen LogP contribution >= 0.6 is 0 Å². The maximum Gasteiger partial charge on any atom is 0.276 e. The van der Waals surface area contributed by atoms with E-state index >= 15 is 0 Å². The summed E-state index contributed by atoms with van der Waals surface area (Å²) in [6.07, 6.45) is 10.1. The Morgan fingerprint density at radius 1 is 1.04 bits per heavy atom. The zero-order chi connectivity index (χ0) is 34.8. The summed E-state index contributed by atoms with van der Waals surface area (Å²) in [6.45, 7) is 4.48. The van der Waals surface area contributed by atoms with Gasteiger partial charge in [0.15, 0.2) is 5.69 Å². The smallest absolute Gasteiger partial charge is 0.276 e. The quantitative estimate of drug-likeness (QED) is 0.318. The van der Waals surface area contributed by atoms with Gasteiger partial charge in [0.2, 0.25) is 17.7 Å². The van der Waals surface area contributed by atoms with Crippen LogP contribution in [0.15, 0.2) is 30.7 Å². The first-order valence-corrected chi connectivity index (χ1v) is 17.6. The summed E-state index contributed by atoms with van der Waals surface area (Å²) in [4.78, 5) is 58.7. The number of aromatic amines is 1. The van der Waals surface area contributed by atoms with Crippen molar-refractivity contribution in [2.24, 2.45) is 17.3 Å². The number of H-pyrrole nitrogens is 1. The van der Waals surface area contributed by atoms with Crippen LogP contribution in [0.1, 0.15) is 91.1 Å². The van der Waals surface area contributed by atoms with Crippen LogP contribution in [0.3, 0.4) is 0 Å². The maximum absolute atomic E-state index is 14.3. The van der Waals surface area contributed by atoms with E-state index in [1.54, 1.807) is 25.5 Å². The average molecular weight is 690 g/mol. The second kappa shape index (κ2) is 12.3. The molecule has 3 aromatic heterocycles. The number of fused-ring (bicyclic) bond motifs is 2. The van der Waals surface area contributed by atoms with Gasteiger partial charge in [0.25, 0.3) is 11.8 Å². The fourth-order valence-corrected chi connectivity index (χ4v) is 8.51. The number of likely N-dealkylation sites (tertiary alicyclic amines) is 1. The molecule has 2 aliphatic carbocycles. The molecule has 0 aromatic carbocycles. The number of piperidine rings is 3. The minimum atomic E-state index is -2.73. The van der Waals surface area contributed by atoms with Gasteiger partial charge in [-0.25, -0.2) is 13.8 Å². The van der Waals surface area contributed by atoms with Crippen molar-refractivity contribution in [3.05, 3.63) is 53.2 Å². The third kappa shape index (κ3) is 5.73. The number of imide groups is 1. The SMILES string of the molecule is C[C@@]12Cc3[nH]nc(C(=O)Nc4cnn(C5CCN(C(=O)CC6CCN(c7ccc(C8CCC(=O)NC8=O)cn7)CC6)CC5)c4)c3C[C@@H]1C2(F)F. The lowest BCUT2D eigenvalue weighted by atomic mass is 9.87. The molecule has 3 saturated heterocycles. The van der Waals surface area contributed by atoms with Crippen LogP contribution in [0.4, 0.5) is 20.3 Å². The number of halogens is 2. The first kappa shape index (κ1) is 32.5. The Balaban J connectivity index is 0.780. The Morgan fingerprint density at radius 3 is 2.54 bits per heavy atom. The molecule has 0 spiro atoms. The molecule has 4 amide bonds. The molecule has 3 atom stereocenters. The van der Waals surface area contributed by atoms with Crippen molar-refractivity contribution in [2.75, 3.05) is 36.4 Å². The number of hydrogen-bond donors (Lipinski definition) is 3. The Bertz CT molecular complexity index is 1820. The summed E-state index contributed by atoms with van der Waals surface area (Å²) in [5.41, 5.74) is 1.61. The zero-order valence-corrected chi connectivity index (χ0v) is 28.0. The summed E-state index contributed by atoms with van der Waals surface area (Å²) >= 11 is 0. The number of alkyl halides is 2. The number of aromatic nitrogens is 5. The normalized spacial score (nSPS) is 26.6. The van der Waals surface area contributed by atoms with Crippen LogP contribution in [0.5, 0.6) is 0 Å². The molecule has 0 radical (unpaired) electrons. The fraction of sp³-hybridized carbons (Fsp3) is 0.571. The fourth-order valence-electron chi connectivity index (χ4n) is 8.51. The minimum absolute atomic E-state index is 0.0923. The van der Waals surface area contributed by atoms with Gasteiger partial charge in [-0.3, -0.25) is 34.3 Å². The van der Waals surface area contributed by atoms with Crippen molar-refractivity contribution < 1.29 is 28.0 Å².